The Kier molecular flexibility index (Phi) is 4.71. The first-order valence-corrected chi connectivity index (χ1v) is 7.98. The molecule has 3 aromatic rings. The zero-order chi connectivity index (χ0) is 17.1. The third-order valence-corrected chi connectivity index (χ3v) is 4.23. The molecule has 0 amide bonds. The highest BCUT2D eigenvalue weighted by Gasteiger charge is 2.13. The fourth-order valence-electron chi connectivity index (χ4n) is 2.81. The van der Waals surface area contributed by atoms with Crippen LogP contribution in [0.3, 0.4) is 0 Å². The monoisotopic (exact) mass is 324 g/mol. The van der Waals surface area contributed by atoms with Gasteiger partial charge in [-0.25, -0.2) is 14.1 Å². The molecule has 2 heterocycles. The van der Waals surface area contributed by atoms with Gasteiger partial charge < -0.3 is 5.32 Å². The molecule has 0 unspecified atom stereocenters. The molecule has 124 valence electrons. The van der Waals surface area contributed by atoms with Crippen molar-refractivity contribution in [1.29, 1.82) is 0 Å². The Labute approximate surface area is 141 Å². The lowest BCUT2D eigenvalue weighted by Crippen LogP contribution is -2.15. The van der Waals surface area contributed by atoms with E-state index in [2.05, 4.69) is 22.3 Å². The summed E-state index contributed by atoms with van der Waals surface area (Å²) in [5.41, 5.74) is 5.29. The molecule has 0 saturated heterocycles. The Hall–Kier alpha value is -2.53. The van der Waals surface area contributed by atoms with Gasteiger partial charge in [0, 0.05) is 30.5 Å². The number of aromatic nitrogens is 3. The van der Waals surface area contributed by atoms with Crippen LogP contribution in [0.4, 0.5) is 4.39 Å². The Morgan fingerprint density at radius 2 is 1.92 bits per heavy atom. The van der Waals surface area contributed by atoms with Crippen LogP contribution in [-0.2, 0) is 13.1 Å². The van der Waals surface area contributed by atoms with Gasteiger partial charge in [-0.3, -0.25) is 0 Å². The van der Waals surface area contributed by atoms with E-state index in [-0.39, 0.29) is 5.82 Å². The number of aryl methyl sites for hydroxylation is 2. The second kappa shape index (κ2) is 6.93. The summed E-state index contributed by atoms with van der Waals surface area (Å²) in [6.45, 7) is 7.39. The summed E-state index contributed by atoms with van der Waals surface area (Å²) < 4.78 is 15.0. The smallest absolute Gasteiger partial charge is 0.153 e. The van der Waals surface area contributed by atoms with Crippen molar-refractivity contribution in [2.24, 2.45) is 0 Å². The molecule has 0 atom stereocenters. The summed E-state index contributed by atoms with van der Waals surface area (Å²) in [7, 11) is 0. The predicted molar refractivity (Wildman–Crippen MR) is 92.5 cm³/mol. The predicted octanol–water partition coefficient (Wildman–Crippen LogP) is 3.62. The fourth-order valence-corrected chi connectivity index (χ4v) is 2.81. The number of nitrogens with one attached hydrogen (secondary N) is 1. The maximum Gasteiger partial charge on any atom is 0.153 e. The van der Waals surface area contributed by atoms with Crippen LogP contribution in [0.5, 0.6) is 0 Å². The average molecular weight is 324 g/mol. The third kappa shape index (κ3) is 3.36. The molecule has 0 radical (unpaired) electrons. The van der Waals surface area contributed by atoms with E-state index < -0.39 is 0 Å². The minimum Gasteiger partial charge on any atom is -0.308 e. The second-order valence-corrected chi connectivity index (χ2v) is 5.92. The van der Waals surface area contributed by atoms with Crippen molar-refractivity contribution < 1.29 is 4.39 Å². The van der Waals surface area contributed by atoms with Crippen LogP contribution in [0.2, 0.25) is 0 Å². The molecule has 24 heavy (non-hydrogen) atoms. The van der Waals surface area contributed by atoms with Gasteiger partial charge in [0.15, 0.2) is 5.82 Å². The van der Waals surface area contributed by atoms with Crippen molar-refractivity contribution in [2.75, 3.05) is 0 Å². The molecule has 2 aromatic heterocycles. The maximum absolute atomic E-state index is 13.2. The van der Waals surface area contributed by atoms with Crippen molar-refractivity contribution in [3.8, 4) is 5.82 Å². The normalized spacial score (nSPS) is 11.0. The van der Waals surface area contributed by atoms with E-state index in [1.54, 1.807) is 12.3 Å². The summed E-state index contributed by atoms with van der Waals surface area (Å²) in [6, 6.07) is 10.7. The number of hydrogen-bond acceptors (Lipinski definition) is 3. The van der Waals surface area contributed by atoms with Gasteiger partial charge in [-0.2, -0.15) is 5.10 Å². The fraction of sp³-hybridized carbons (Fsp3) is 0.263. The lowest BCUT2D eigenvalue weighted by atomic mass is 10.1. The van der Waals surface area contributed by atoms with Crippen LogP contribution < -0.4 is 5.32 Å². The van der Waals surface area contributed by atoms with Gasteiger partial charge in [0.2, 0.25) is 0 Å². The zero-order valence-electron chi connectivity index (χ0n) is 14.2. The Morgan fingerprint density at radius 3 is 2.62 bits per heavy atom. The first-order chi connectivity index (χ1) is 11.6. The molecule has 0 aliphatic heterocycles. The van der Waals surface area contributed by atoms with Crippen molar-refractivity contribution in [3.63, 3.8) is 0 Å². The summed E-state index contributed by atoms with van der Waals surface area (Å²) in [4.78, 5) is 4.36. The molecule has 4 nitrogen and oxygen atoms in total. The van der Waals surface area contributed by atoms with E-state index in [4.69, 9.17) is 0 Å². The molecule has 0 spiro atoms. The van der Waals surface area contributed by atoms with Gasteiger partial charge in [-0.05, 0) is 56.2 Å². The summed E-state index contributed by atoms with van der Waals surface area (Å²) in [5, 5.41) is 8.03. The summed E-state index contributed by atoms with van der Waals surface area (Å²) in [6.07, 6.45) is 1.76. The molecule has 0 saturated carbocycles. The number of hydrogen-bond donors (Lipinski definition) is 1. The number of nitrogens with zero attached hydrogens (tertiary/aromatic N) is 3. The Morgan fingerprint density at radius 1 is 1.08 bits per heavy atom. The van der Waals surface area contributed by atoms with E-state index in [9.17, 15) is 4.39 Å². The van der Waals surface area contributed by atoms with Gasteiger partial charge in [0.25, 0.3) is 0 Å². The van der Waals surface area contributed by atoms with E-state index in [1.807, 2.05) is 42.8 Å². The van der Waals surface area contributed by atoms with Crippen molar-refractivity contribution in [3.05, 3.63) is 76.5 Å². The average Bonchev–Trinajstić information content (AvgIpc) is 2.85. The molecule has 0 aliphatic rings. The van der Waals surface area contributed by atoms with Gasteiger partial charge in [-0.15, -0.1) is 0 Å². The van der Waals surface area contributed by atoms with Crippen molar-refractivity contribution in [2.45, 2.75) is 33.9 Å². The molecule has 0 fully saturated rings. The highest BCUT2D eigenvalue weighted by molar-refractivity contribution is 5.32. The first-order valence-electron chi connectivity index (χ1n) is 7.98. The minimum absolute atomic E-state index is 0.195. The lowest BCUT2D eigenvalue weighted by molar-refractivity contribution is 0.622. The van der Waals surface area contributed by atoms with Crippen LogP contribution in [-0.4, -0.2) is 14.8 Å². The maximum atomic E-state index is 13.2. The number of pyridine rings is 1. The first kappa shape index (κ1) is 16.3. The van der Waals surface area contributed by atoms with Gasteiger partial charge in [-0.1, -0.05) is 12.1 Å². The molecule has 1 aromatic carbocycles. The van der Waals surface area contributed by atoms with Crippen LogP contribution in [0.15, 0.2) is 42.6 Å². The van der Waals surface area contributed by atoms with Crippen LogP contribution in [0.25, 0.3) is 5.82 Å². The second-order valence-electron chi connectivity index (χ2n) is 5.92. The number of benzene rings is 1. The highest BCUT2D eigenvalue weighted by Crippen LogP contribution is 2.17. The lowest BCUT2D eigenvalue weighted by Gasteiger charge is -2.09. The van der Waals surface area contributed by atoms with Crippen molar-refractivity contribution in [1.82, 2.24) is 20.1 Å². The highest BCUT2D eigenvalue weighted by atomic mass is 19.1. The van der Waals surface area contributed by atoms with Crippen LogP contribution in [0.1, 0.15) is 28.1 Å². The van der Waals surface area contributed by atoms with E-state index in [1.165, 1.54) is 11.6 Å². The standard InChI is InChI=1S/C19H21FN4/c1-13-10-17(20)8-7-16(13)11-21-12-18-14(2)23-24(15(18)3)19-6-4-5-9-22-19/h4-10,21H,11-12H2,1-3H3. The number of halogens is 1. The van der Waals surface area contributed by atoms with Crippen LogP contribution in [0, 0.1) is 26.6 Å². The topological polar surface area (TPSA) is 42.7 Å². The van der Waals surface area contributed by atoms with Gasteiger partial charge >= 0.3 is 0 Å². The molecule has 1 N–H and O–H groups in total. The molecule has 0 aliphatic carbocycles. The van der Waals surface area contributed by atoms with E-state index in [0.29, 0.717) is 13.1 Å². The Bertz CT molecular complexity index is 840. The largest absolute Gasteiger partial charge is 0.308 e. The molecule has 0 bridgehead atoms. The van der Waals surface area contributed by atoms with Gasteiger partial charge in [0.05, 0.1) is 5.69 Å². The quantitative estimate of drug-likeness (QED) is 0.779. The SMILES string of the molecule is Cc1cc(F)ccc1CNCc1c(C)nn(-c2ccccn2)c1C. The third-order valence-electron chi connectivity index (χ3n) is 4.23. The number of rotatable bonds is 5. The molecular formula is C19H21FN4. The minimum atomic E-state index is -0.195. The summed E-state index contributed by atoms with van der Waals surface area (Å²) in [5.74, 6) is 0.623. The molecule has 5 heteroatoms. The Balaban J connectivity index is 1.73. The van der Waals surface area contributed by atoms with E-state index in [0.717, 1.165) is 28.3 Å². The van der Waals surface area contributed by atoms with Crippen molar-refractivity contribution >= 4 is 0 Å². The molecule has 3 rings (SSSR count). The van der Waals surface area contributed by atoms with E-state index >= 15 is 0 Å². The van der Waals surface area contributed by atoms with Gasteiger partial charge in [0.1, 0.15) is 5.82 Å². The summed E-state index contributed by atoms with van der Waals surface area (Å²) >= 11 is 0. The molecular weight excluding hydrogens is 303 g/mol. The zero-order valence-corrected chi connectivity index (χ0v) is 14.2. The van der Waals surface area contributed by atoms with Crippen LogP contribution >= 0.6 is 0 Å².